The van der Waals surface area contributed by atoms with Crippen LogP contribution in [0.2, 0.25) is 0 Å². The summed E-state index contributed by atoms with van der Waals surface area (Å²) in [6.07, 6.45) is 7.28. The van der Waals surface area contributed by atoms with Gasteiger partial charge in [-0.2, -0.15) is 0 Å². The third-order valence-electron chi connectivity index (χ3n) is 3.74. The Bertz CT molecular complexity index is 828. The van der Waals surface area contributed by atoms with Gasteiger partial charge in [0.05, 0.1) is 30.0 Å². The molecule has 2 aromatic heterocycles. The summed E-state index contributed by atoms with van der Waals surface area (Å²) in [5.41, 5.74) is 0.284. The van der Waals surface area contributed by atoms with Crippen LogP contribution < -0.4 is 5.56 Å². The predicted molar refractivity (Wildman–Crippen MR) is 89.6 cm³/mol. The number of hydrogen-bond donors (Lipinski definition) is 2. The number of carbonyl (C=O) groups excluding carboxylic acids is 1. The fraction of sp³-hybridized carbons (Fsp3) is 0.471. The molecule has 0 amide bonds. The molecule has 0 aromatic carbocycles. The van der Waals surface area contributed by atoms with Crippen LogP contribution in [0.5, 0.6) is 0 Å². The minimum atomic E-state index is -0.555. The second kappa shape index (κ2) is 7.43. The molecule has 128 valence electrons. The lowest BCUT2D eigenvalue weighted by Crippen LogP contribution is -2.22. The van der Waals surface area contributed by atoms with Crippen LogP contribution in [0.15, 0.2) is 17.3 Å². The summed E-state index contributed by atoms with van der Waals surface area (Å²) < 4.78 is 7.35. The Balaban J connectivity index is 2.52. The largest absolute Gasteiger partial charge is 0.394 e. The van der Waals surface area contributed by atoms with E-state index in [0.29, 0.717) is 11.2 Å². The van der Waals surface area contributed by atoms with Crippen LogP contribution in [0.3, 0.4) is 0 Å². The Morgan fingerprint density at radius 3 is 2.79 bits per heavy atom. The monoisotopic (exact) mass is 331 g/mol. The van der Waals surface area contributed by atoms with E-state index in [-0.39, 0.29) is 35.7 Å². The van der Waals surface area contributed by atoms with Crippen molar-refractivity contribution in [3.8, 4) is 12.3 Å². The zero-order valence-electron chi connectivity index (χ0n) is 13.9. The third-order valence-corrected chi connectivity index (χ3v) is 3.74. The second-order valence-electron chi connectivity index (χ2n) is 5.85. The van der Waals surface area contributed by atoms with Crippen LogP contribution >= 0.6 is 0 Å². The van der Waals surface area contributed by atoms with Gasteiger partial charge in [0.25, 0.3) is 5.56 Å². The summed E-state index contributed by atoms with van der Waals surface area (Å²) in [7, 11) is 0. The molecule has 0 aliphatic rings. The number of aromatic amines is 1. The maximum atomic E-state index is 12.4. The van der Waals surface area contributed by atoms with Crippen LogP contribution in [0.1, 0.15) is 43.8 Å². The third kappa shape index (κ3) is 3.40. The lowest BCUT2D eigenvalue weighted by molar-refractivity contribution is -0.0605. The van der Waals surface area contributed by atoms with E-state index in [0.717, 1.165) is 0 Å². The molecular weight excluding hydrogens is 310 g/mol. The molecule has 0 fully saturated rings. The van der Waals surface area contributed by atoms with Crippen molar-refractivity contribution in [2.24, 2.45) is 5.92 Å². The molecule has 0 aliphatic heterocycles. The normalized spacial score (nSPS) is 13.8. The van der Waals surface area contributed by atoms with Crippen molar-refractivity contribution >= 4 is 16.8 Å². The van der Waals surface area contributed by atoms with E-state index >= 15 is 0 Å². The number of aliphatic hydroxyl groups is 1. The maximum Gasteiger partial charge on any atom is 0.260 e. The van der Waals surface area contributed by atoms with Crippen LogP contribution in [-0.4, -0.2) is 38.1 Å². The number of fused-ring (bicyclic) bond motifs is 1. The fourth-order valence-electron chi connectivity index (χ4n) is 2.50. The SMILES string of the molecule is C#CC[C@@H](CO)O[C@H](C)n1cc(C(=O)C(C)C)c2c(=O)[nH]cnc21. The summed E-state index contributed by atoms with van der Waals surface area (Å²) in [4.78, 5) is 31.3. The van der Waals surface area contributed by atoms with E-state index in [2.05, 4.69) is 15.9 Å². The molecule has 7 heteroatoms. The molecule has 2 heterocycles. The van der Waals surface area contributed by atoms with Crippen LogP contribution in [0, 0.1) is 18.3 Å². The molecule has 2 aromatic rings. The Labute approximate surface area is 139 Å². The van der Waals surface area contributed by atoms with E-state index in [9.17, 15) is 14.7 Å². The number of terminal acetylenes is 1. The number of hydrogen-bond acceptors (Lipinski definition) is 5. The minimum absolute atomic E-state index is 0.146. The van der Waals surface area contributed by atoms with Crippen molar-refractivity contribution < 1.29 is 14.6 Å². The van der Waals surface area contributed by atoms with Gasteiger partial charge in [0.1, 0.15) is 11.9 Å². The first-order valence-electron chi connectivity index (χ1n) is 7.72. The Hall–Kier alpha value is -2.43. The number of Topliss-reactive ketones (excluding diaryl/α,β-unsaturated/α-hetero) is 1. The molecule has 24 heavy (non-hydrogen) atoms. The quantitative estimate of drug-likeness (QED) is 0.592. The van der Waals surface area contributed by atoms with Crippen LogP contribution in [0.25, 0.3) is 11.0 Å². The van der Waals surface area contributed by atoms with Gasteiger partial charge >= 0.3 is 0 Å². The number of ether oxygens (including phenoxy) is 1. The van der Waals surface area contributed by atoms with Gasteiger partial charge < -0.3 is 19.4 Å². The molecule has 7 nitrogen and oxygen atoms in total. The van der Waals surface area contributed by atoms with Gasteiger partial charge in [0, 0.05) is 18.5 Å². The van der Waals surface area contributed by atoms with E-state index in [1.165, 1.54) is 6.33 Å². The Morgan fingerprint density at radius 1 is 1.50 bits per heavy atom. The Morgan fingerprint density at radius 2 is 2.21 bits per heavy atom. The number of carbonyl (C=O) groups is 1. The van der Waals surface area contributed by atoms with Crippen molar-refractivity contribution in [3.05, 3.63) is 28.4 Å². The van der Waals surface area contributed by atoms with Gasteiger partial charge in [0.15, 0.2) is 5.78 Å². The lowest BCUT2D eigenvalue weighted by atomic mass is 10.0. The van der Waals surface area contributed by atoms with Gasteiger partial charge in [-0.05, 0) is 6.92 Å². The Kier molecular flexibility index (Phi) is 5.54. The van der Waals surface area contributed by atoms with Crippen molar-refractivity contribution in [2.75, 3.05) is 6.61 Å². The van der Waals surface area contributed by atoms with E-state index in [4.69, 9.17) is 11.2 Å². The average Bonchev–Trinajstić information content (AvgIpc) is 2.94. The summed E-state index contributed by atoms with van der Waals surface area (Å²) in [5, 5.41) is 9.56. The predicted octanol–water partition coefficient (Wildman–Crippen LogP) is 1.48. The van der Waals surface area contributed by atoms with E-state index < -0.39 is 12.3 Å². The van der Waals surface area contributed by atoms with Crippen LogP contribution in [0.4, 0.5) is 0 Å². The van der Waals surface area contributed by atoms with Gasteiger partial charge in [-0.15, -0.1) is 12.3 Å². The van der Waals surface area contributed by atoms with Crippen molar-refractivity contribution in [1.82, 2.24) is 14.5 Å². The summed E-state index contributed by atoms with van der Waals surface area (Å²) in [6, 6.07) is 0. The lowest BCUT2D eigenvalue weighted by Gasteiger charge is -2.21. The fourth-order valence-corrected chi connectivity index (χ4v) is 2.50. The highest BCUT2D eigenvalue weighted by molar-refractivity contribution is 6.07. The highest BCUT2D eigenvalue weighted by atomic mass is 16.5. The highest BCUT2D eigenvalue weighted by Gasteiger charge is 2.24. The first-order valence-corrected chi connectivity index (χ1v) is 7.72. The molecule has 0 bridgehead atoms. The van der Waals surface area contributed by atoms with Gasteiger partial charge in [-0.25, -0.2) is 4.98 Å². The van der Waals surface area contributed by atoms with Crippen molar-refractivity contribution in [1.29, 1.82) is 0 Å². The average molecular weight is 331 g/mol. The second-order valence-corrected chi connectivity index (χ2v) is 5.85. The number of aromatic nitrogens is 3. The molecule has 0 spiro atoms. The summed E-state index contributed by atoms with van der Waals surface area (Å²) >= 11 is 0. The zero-order chi connectivity index (χ0) is 17.9. The molecule has 0 saturated heterocycles. The number of nitrogens with one attached hydrogen (secondary N) is 1. The molecule has 0 saturated carbocycles. The maximum absolute atomic E-state index is 12.4. The molecule has 2 atom stereocenters. The number of H-pyrrole nitrogens is 1. The van der Waals surface area contributed by atoms with Gasteiger partial charge in [-0.3, -0.25) is 9.59 Å². The zero-order valence-corrected chi connectivity index (χ0v) is 13.9. The number of ketones is 1. The smallest absolute Gasteiger partial charge is 0.260 e. The van der Waals surface area contributed by atoms with Crippen molar-refractivity contribution in [3.63, 3.8) is 0 Å². The molecule has 2 rings (SSSR count). The summed E-state index contributed by atoms with van der Waals surface area (Å²) in [6.45, 7) is 5.06. The number of rotatable bonds is 7. The molecular formula is C17H21N3O4. The van der Waals surface area contributed by atoms with Crippen molar-refractivity contribution in [2.45, 2.75) is 39.5 Å². The first-order chi connectivity index (χ1) is 11.4. The van der Waals surface area contributed by atoms with Gasteiger partial charge in [0.2, 0.25) is 0 Å². The molecule has 0 unspecified atom stereocenters. The molecule has 0 radical (unpaired) electrons. The van der Waals surface area contributed by atoms with E-state index in [1.807, 2.05) is 0 Å². The molecule has 0 aliphatic carbocycles. The number of nitrogens with zero attached hydrogens (tertiary/aromatic N) is 2. The highest BCUT2D eigenvalue weighted by Crippen LogP contribution is 2.24. The van der Waals surface area contributed by atoms with Gasteiger partial charge in [-0.1, -0.05) is 13.8 Å². The number of aliphatic hydroxyl groups excluding tert-OH is 1. The molecule has 2 N–H and O–H groups in total. The first kappa shape index (κ1) is 17.9. The van der Waals surface area contributed by atoms with Crippen LogP contribution in [-0.2, 0) is 4.74 Å². The topological polar surface area (TPSA) is 97.2 Å². The van der Waals surface area contributed by atoms with E-state index in [1.54, 1.807) is 31.5 Å². The minimum Gasteiger partial charge on any atom is -0.394 e. The summed E-state index contributed by atoms with van der Waals surface area (Å²) in [5.74, 6) is 2.04. The standard InChI is InChI=1S/C17H21N3O4/c1-5-6-12(8-21)24-11(4)20-7-13(15(22)10(2)3)14-16(20)18-9-19-17(14)23/h1,7,9-12,21H,6,8H2,2-4H3,(H,18,19,23)/t11-,12+/m1/s1.